The number of amides is 1. The van der Waals surface area contributed by atoms with Crippen molar-refractivity contribution >= 4 is 17.7 Å². The van der Waals surface area contributed by atoms with Crippen LogP contribution >= 0.6 is 11.8 Å². The van der Waals surface area contributed by atoms with Crippen LogP contribution in [0.5, 0.6) is 0 Å². The van der Waals surface area contributed by atoms with Crippen LogP contribution in [0.1, 0.15) is 33.6 Å². The molecular weight excluding hydrogens is 220 g/mol. The normalized spacial score (nSPS) is 40.1. The summed E-state index contributed by atoms with van der Waals surface area (Å²) in [5.74, 6) is 1.49. The van der Waals surface area contributed by atoms with Gasteiger partial charge < -0.3 is 10.2 Å². The van der Waals surface area contributed by atoms with Gasteiger partial charge in [-0.25, -0.2) is 0 Å². The number of carbonyl (C=O) groups is 1. The van der Waals surface area contributed by atoms with E-state index in [1.165, 1.54) is 6.42 Å². The lowest BCUT2D eigenvalue weighted by molar-refractivity contribution is -0.138. The van der Waals surface area contributed by atoms with Crippen LogP contribution in [0.2, 0.25) is 0 Å². The van der Waals surface area contributed by atoms with Crippen LogP contribution in [0.15, 0.2) is 0 Å². The van der Waals surface area contributed by atoms with E-state index >= 15 is 0 Å². The minimum Gasteiger partial charge on any atom is -0.334 e. The fourth-order valence-electron chi connectivity index (χ4n) is 2.75. The molecule has 0 aromatic carbocycles. The zero-order chi connectivity index (χ0) is 11.8. The molecule has 3 unspecified atom stereocenters. The van der Waals surface area contributed by atoms with E-state index in [1.807, 2.05) is 11.8 Å². The number of rotatable bonds is 1. The van der Waals surface area contributed by atoms with E-state index in [-0.39, 0.29) is 4.75 Å². The van der Waals surface area contributed by atoms with Gasteiger partial charge in [0.1, 0.15) is 0 Å². The van der Waals surface area contributed by atoms with Crippen LogP contribution in [-0.2, 0) is 4.79 Å². The number of carbonyl (C=O) groups excluding carboxylic acids is 1. The first-order valence-electron chi connectivity index (χ1n) is 6.22. The molecule has 2 saturated heterocycles. The average molecular weight is 242 g/mol. The predicted molar refractivity (Wildman–Crippen MR) is 68.7 cm³/mol. The first-order chi connectivity index (χ1) is 7.54. The summed E-state index contributed by atoms with van der Waals surface area (Å²) in [7, 11) is 0. The molecule has 2 aliphatic heterocycles. The number of hydrogen-bond donors (Lipinski definition) is 1. The van der Waals surface area contributed by atoms with Crippen molar-refractivity contribution in [2.75, 3.05) is 18.8 Å². The fourth-order valence-corrected chi connectivity index (χ4v) is 4.01. The molecule has 2 fully saturated rings. The molecule has 92 valence electrons. The molecular formula is C12H22N2OS. The Labute approximate surface area is 102 Å². The molecule has 0 bridgehead atoms. The Hall–Kier alpha value is -0.220. The SMILES string of the molecule is CC1CNCC(C)N1C(=O)C1(C)CCCS1. The Morgan fingerprint density at radius 3 is 2.50 bits per heavy atom. The third-order valence-electron chi connectivity index (χ3n) is 3.73. The molecule has 0 aliphatic carbocycles. The molecule has 0 saturated carbocycles. The molecule has 2 heterocycles. The molecule has 16 heavy (non-hydrogen) atoms. The van der Waals surface area contributed by atoms with Crippen LogP contribution < -0.4 is 5.32 Å². The Morgan fingerprint density at radius 2 is 2.00 bits per heavy atom. The lowest BCUT2D eigenvalue weighted by Gasteiger charge is -2.43. The van der Waals surface area contributed by atoms with Gasteiger partial charge in [-0.3, -0.25) is 4.79 Å². The Balaban J connectivity index is 2.12. The summed E-state index contributed by atoms with van der Waals surface area (Å²) in [4.78, 5) is 14.7. The van der Waals surface area contributed by atoms with Crippen LogP contribution in [0.4, 0.5) is 0 Å². The molecule has 0 spiro atoms. The van der Waals surface area contributed by atoms with E-state index in [0.29, 0.717) is 18.0 Å². The van der Waals surface area contributed by atoms with Crippen molar-refractivity contribution in [1.29, 1.82) is 0 Å². The van der Waals surface area contributed by atoms with E-state index in [2.05, 4.69) is 31.0 Å². The Morgan fingerprint density at radius 1 is 1.38 bits per heavy atom. The molecule has 1 amide bonds. The van der Waals surface area contributed by atoms with Crippen molar-refractivity contribution in [3.63, 3.8) is 0 Å². The van der Waals surface area contributed by atoms with Crippen molar-refractivity contribution < 1.29 is 4.79 Å². The summed E-state index contributed by atoms with van der Waals surface area (Å²) in [5.41, 5.74) is 0. The monoisotopic (exact) mass is 242 g/mol. The van der Waals surface area contributed by atoms with Gasteiger partial charge in [0, 0.05) is 25.2 Å². The maximum absolute atomic E-state index is 12.6. The second kappa shape index (κ2) is 4.57. The minimum atomic E-state index is -0.153. The second-order valence-corrected chi connectivity index (χ2v) is 6.85. The van der Waals surface area contributed by atoms with Crippen LogP contribution in [-0.4, -0.2) is 46.5 Å². The van der Waals surface area contributed by atoms with Gasteiger partial charge in [-0.15, -0.1) is 11.8 Å². The zero-order valence-electron chi connectivity index (χ0n) is 10.5. The van der Waals surface area contributed by atoms with Gasteiger partial charge in [0.25, 0.3) is 0 Å². The third kappa shape index (κ3) is 2.09. The van der Waals surface area contributed by atoms with Crippen LogP contribution in [0, 0.1) is 0 Å². The summed E-state index contributed by atoms with van der Waals surface area (Å²) in [6, 6.07) is 0.656. The second-order valence-electron chi connectivity index (χ2n) is 5.25. The minimum absolute atomic E-state index is 0.153. The van der Waals surface area contributed by atoms with Crippen molar-refractivity contribution in [2.24, 2.45) is 0 Å². The van der Waals surface area contributed by atoms with Gasteiger partial charge in [-0.05, 0) is 39.4 Å². The molecule has 4 heteroatoms. The summed E-state index contributed by atoms with van der Waals surface area (Å²) in [6.07, 6.45) is 2.22. The first kappa shape index (κ1) is 12.2. The van der Waals surface area contributed by atoms with Crippen molar-refractivity contribution in [3.8, 4) is 0 Å². The highest BCUT2D eigenvalue weighted by atomic mass is 32.2. The van der Waals surface area contributed by atoms with Crippen molar-refractivity contribution in [1.82, 2.24) is 10.2 Å². The topological polar surface area (TPSA) is 32.3 Å². The zero-order valence-corrected chi connectivity index (χ0v) is 11.3. The highest BCUT2D eigenvalue weighted by Gasteiger charge is 2.43. The maximum atomic E-state index is 12.6. The fraction of sp³-hybridized carbons (Fsp3) is 0.917. The summed E-state index contributed by atoms with van der Waals surface area (Å²) in [5, 5.41) is 3.37. The molecule has 0 aromatic rings. The largest absolute Gasteiger partial charge is 0.334 e. The smallest absolute Gasteiger partial charge is 0.239 e. The van der Waals surface area contributed by atoms with E-state index in [4.69, 9.17) is 0 Å². The van der Waals surface area contributed by atoms with Gasteiger partial charge in [0.15, 0.2) is 0 Å². The van der Waals surface area contributed by atoms with Crippen LogP contribution in [0.25, 0.3) is 0 Å². The van der Waals surface area contributed by atoms with Gasteiger partial charge in [-0.1, -0.05) is 0 Å². The number of piperazine rings is 1. The van der Waals surface area contributed by atoms with E-state index < -0.39 is 0 Å². The quantitative estimate of drug-likeness (QED) is 0.756. The molecule has 1 N–H and O–H groups in total. The molecule has 3 atom stereocenters. The number of nitrogens with one attached hydrogen (secondary N) is 1. The Kier molecular flexibility index (Phi) is 3.50. The summed E-state index contributed by atoms with van der Waals surface area (Å²) in [6.45, 7) is 8.26. The summed E-state index contributed by atoms with van der Waals surface area (Å²) < 4.78 is -0.153. The molecule has 2 rings (SSSR count). The van der Waals surface area contributed by atoms with E-state index in [9.17, 15) is 4.79 Å². The number of hydrogen-bond acceptors (Lipinski definition) is 3. The lowest BCUT2D eigenvalue weighted by Crippen LogP contribution is -2.60. The molecule has 2 aliphatic rings. The van der Waals surface area contributed by atoms with E-state index in [0.717, 1.165) is 25.3 Å². The highest BCUT2D eigenvalue weighted by Crippen LogP contribution is 2.40. The molecule has 0 radical (unpaired) electrons. The van der Waals surface area contributed by atoms with Gasteiger partial charge in [-0.2, -0.15) is 0 Å². The average Bonchev–Trinajstić information content (AvgIpc) is 2.66. The highest BCUT2D eigenvalue weighted by molar-refractivity contribution is 8.01. The number of nitrogens with zero attached hydrogens (tertiary/aromatic N) is 1. The first-order valence-corrected chi connectivity index (χ1v) is 7.20. The standard InChI is InChI=1S/C12H22N2OS/c1-9-7-13-8-10(2)14(9)11(15)12(3)5-4-6-16-12/h9-10,13H,4-8H2,1-3H3. The molecule has 0 aromatic heterocycles. The third-order valence-corrected chi connectivity index (χ3v) is 5.24. The van der Waals surface area contributed by atoms with Crippen molar-refractivity contribution in [3.05, 3.63) is 0 Å². The lowest BCUT2D eigenvalue weighted by atomic mass is 10.00. The van der Waals surface area contributed by atoms with Crippen molar-refractivity contribution in [2.45, 2.75) is 50.4 Å². The van der Waals surface area contributed by atoms with Crippen LogP contribution in [0.3, 0.4) is 0 Å². The summed E-state index contributed by atoms with van der Waals surface area (Å²) >= 11 is 1.84. The Bertz CT molecular complexity index is 266. The number of thioether (sulfide) groups is 1. The maximum Gasteiger partial charge on any atom is 0.239 e. The molecule has 3 nitrogen and oxygen atoms in total. The van der Waals surface area contributed by atoms with E-state index in [1.54, 1.807) is 0 Å². The van der Waals surface area contributed by atoms with Gasteiger partial charge in [0.2, 0.25) is 5.91 Å². The van der Waals surface area contributed by atoms with Gasteiger partial charge >= 0.3 is 0 Å². The predicted octanol–water partition coefficient (Wildman–Crippen LogP) is 1.48. The van der Waals surface area contributed by atoms with Gasteiger partial charge in [0.05, 0.1) is 4.75 Å².